The van der Waals surface area contributed by atoms with Gasteiger partial charge >= 0.3 is 0 Å². The minimum Gasteiger partial charge on any atom is -0.379 e. The highest BCUT2D eigenvalue weighted by Gasteiger charge is 2.25. The Kier molecular flexibility index (Phi) is 4.28. The Hall–Kier alpha value is -1.46. The van der Waals surface area contributed by atoms with Crippen LogP contribution in [0, 0.1) is 0 Å². The van der Waals surface area contributed by atoms with Crippen molar-refractivity contribution in [3.8, 4) is 0 Å². The first-order valence-corrected chi connectivity index (χ1v) is 6.14. The number of nitrogens with zero attached hydrogens (tertiary/aromatic N) is 2. The van der Waals surface area contributed by atoms with E-state index in [1.54, 1.807) is 30.0 Å². The molecule has 0 N–H and O–H groups in total. The van der Waals surface area contributed by atoms with Crippen LogP contribution in [0.1, 0.15) is 16.8 Å². The third kappa shape index (κ3) is 2.86. The first-order chi connectivity index (χ1) is 8.74. The number of carbonyl (C=O) groups is 1. The van der Waals surface area contributed by atoms with Crippen molar-refractivity contribution in [1.82, 2.24) is 9.47 Å². The molecule has 0 aromatic carbocycles. The molecule has 0 unspecified atom stereocenters. The Morgan fingerprint density at radius 3 is 2.89 bits per heavy atom. The second-order valence-electron chi connectivity index (χ2n) is 4.55. The lowest BCUT2D eigenvalue weighted by Crippen LogP contribution is -2.52. The van der Waals surface area contributed by atoms with Crippen molar-refractivity contribution in [3.63, 3.8) is 0 Å². The molecule has 0 saturated carbocycles. The van der Waals surface area contributed by atoms with Gasteiger partial charge in [0.1, 0.15) is 0 Å². The van der Waals surface area contributed by atoms with E-state index in [4.69, 9.17) is 4.74 Å². The molecule has 1 aromatic heterocycles. The average Bonchev–Trinajstić information content (AvgIpc) is 2.34. The molecule has 2 rings (SSSR count). The largest absolute Gasteiger partial charge is 0.379 e. The number of likely N-dealkylation sites (tertiary alicyclic amines) is 1. The molecule has 1 fully saturated rings. The molecule has 1 saturated heterocycles. The van der Waals surface area contributed by atoms with Crippen LogP contribution in [0.5, 0.6) is 0 Å². The van der Waals surface area contributed by atoms with Gasteiger partial charge in [-0.3, -0.25) is 14.5 Å². The molecular weight excluding hydrogens is 232 g/mol. The number of carbonyl (C=O) groups excluding carboxylic acids is 1. The van der Waals surface area contributed by atoms with Gasteiger partial charge in [-0.15, -0.1) is 0 Å². The van der Waals surface area contributed by atoms with Gasteiger partial charge in [-0.2, -0.15) is 0 Å². The molecule has 0 spiro atoms. The molecule has 1 aliphatic heterocycles. The minimum absolute atomic E-state index is 0.203. The van der Waals surface area contributed by atoms with Crippen molar-refractivity contribution in [3.05, 3.63) is 34.2 Å². The summed E-state index contributed by atoms with van der Waals surface area (Å²) in [4.78, 5) is 24.7. The topological polar surface area (TPSA) is 51.5 Å². The quantitative estimate of drug-likeness (QED) is 0.685. The Morgan fingerprint density at radius 2 is 2.22 bits per heavy atom. The molecule has 5 nitrogen and oxygen atoms in total. The number of hydrogen-bond acceptors (Lipinski definition) is 4. The van der Waals surface area contributed by atoms with Crippen LogP contribution in [0.3, 0.4) is 0 Å². The first kappa shape index (κ1) is 13.0. The maximum absolute atomic E-state index is 11.8. The van der Waals surface area contributed by atoms with E-state index in [1.807, 2.05) is 0 Å². The summed E-state index contributed by atoms with van der Waals surface area (Å²) in [5.41, 5.74) is 0.0202. The van der Waals surface area contributed by atoms with Gasteiger partial charge < -0.3 is 9.30 Å². The molecule has 0 atom stereocenters. The summed E-state index contributed by atoms with van der Waals surface area (Å²) in [6, 6.07) is 3.28. The first-order valence-electron chi connectivity index (χ1n) is 6.14. The van der Waals surface area contributed by atoms with E-state index in [0.717, 1.165) is 26.1 Å². The molecule has 0 bridgehead atoms. The fourth-order valence-corrected chi connectivity index (χ4v) is 2.14. The zero-order valence-electron chi connectivity index (χ0n) is 10.5. The monoisotopic (exact) mass is 250 g/mol. The summed E-state index contributed by atoms with van der Waals surface area (Å²) in [6.07, 6.45) is 3.60. The van der Waals surface area contributed by atoms with Crippen molar-refractivity contribution in [2.75, 3.05) is 26.7 Å². The fourth-order valence-electron chi connectivity index (χ4n) is 2.14. The van der Waals surface area contributed by atoms with E-state index < -0.39 is 0 Å². The van der Waals surface area contributed by atoms with Gasteiger partial charge in [0.2, 0.25) is 0 Å². The summed E-state index contributed by atoms with van der Waals surface area (Å²) < 4.78 is 6.79. The van der Waals surface area contributed by atoms with Gasteiger partial charge in [-0.05, 0) is 18.6 Å². The van der Waals surface area contributed by atoms with Crippen LogP contribution < -0.4 is 5.56 Å². The zero-order valence-corrected chi connectivity index (χ0v) is 10.5. The number of aryl methyl sites for hydroxylation is 1. The third-order valence-corrected chi connectivity index (χ3v) is 3.31. The van der Waals surface area contributed by atoms with Gasteiger partial charge in [0.25, 0.3) is 5.56 Å². The van der Waals surface area contributed by atoms with E-state index in [-0.39, 0.29) is 11.1 Å². The number of ether oxygens (including phenoxy) is 1. The standard InChI is InChI=1S/C13H18N2O3/c1-18-12-8-14(9-12)5-3-7-15-6-2-4-11(10-16)13(15)17/h2,4,6,10,12H,3,5,7-9H2,1H3. The van der Waals surface area contributed by atoms with E-state index in [0.29, 0.717) is 18.9 Å². The lowest BCUT2D eigenvalue weighted by Gasteiger charge is -2.38. The number of rotatable bonds is 6. The van der Waals surface area contributed by atoms with Crippen LogP contribution in [0.25, 0.3) is 0 Å². The Labute approximate surface area is 106 Å². The lowest BCUT2D eigenvalue weighted by atomic mass is 10.1. The second-order valence-corrected chi connectivity index (χ2v) is 4.55. The molecular formula is C13H18N2O3. The second kappa shape index (κ2) is 5.93. The summed E-state index contributed by atoms with van der Waals surface area (Å²) in [5.74, 6) is 0. The predicted molar refractivity (Wildman–Crippen MR) is 67.9 cm³/mol. The molecule has 2 heterocycles. The molecule has 98 valence electrons. The van der Waals surface area contributed by atoms with Gasteiger partial charge in [0, 0.05) is 39.5 Å². The number of pyridine rings is 1. The molecule has 0 radical (unpaired) electrons. The summed E-state index contributed by atoms with van der Waals surface area (Å²) >= 11 is 0. The summed E-state index contributed by atoms with van der Waals surface area (Å²) in [7, 11) is 1.73. The van der Waals surface area contributed by atoms with Gasteiger partial charge in [-0.25, -0.2) is 0 Å². The van der Waals surface area contributed by atoms with E-state index in [2.05, 4.69) is 4.90 Å². The van der Waals surface area contributed by atoms with Crippen LogP contribution >= 0.6 is 0 Å². The summed E-state index contributed by atoms with van der Waals surface area (Å²) in [6.45, 7) is 3.55. The van der Waals surface area contributed by atoms with Gasteiger partial charge in [0.15, 0.2) is 6.29 Å². The Morgan fingerprint density at radius 1 is 1.44 bits per heavy atom. The van der Waals surface area contributed by atoms with Crippen molar-refractivity contribution >= 4 is 6.29 Å². The van der Waals surface area contributed by atoms with E-state index in [9.17, 15) is 9.59 Å². The SMILES string of the molecule is COC1CN(CCCn2cccc(C=O)c2=O)C1. The molecule has 1 aliphatic rings. The molecule has 1 aromatic rings. The zero-order chi connectivity index (χ0) is 13.0. The van der Waals surface area contributed by atoms with Gasteiger partial charge in [-0.1, -0.05) is 0 Å². The van der Waals surface area contributed by atoms with Crippen LogP contribution in [0.2, 0.25) is 0 Å². The maximum Gasteiger partial charge on any atom is 0.261 e. The van der Waals surface area contributed by atoms with Gasteiger partial charge in [0.05, 0.1) is 11.7 Å². The predicted octanol–water partition coefficient (Wildman–Crippen LogP) is 0.381. The number of aldehydes is 1. The van der Waals surface area contributed by atoms with Crippen LogP contribution in [-0.4, -0.2) is 48.6 Å². The number of hydrogen-bond donors (Lipinski definition) is 0. The fraction of sp³-hybridized carbons (Fsp3) is 0.538. The van der Waals surface area contributed by atoms with Crippen LogP contribution in [0.4, 0.5) is 0 Å². The van der Waals surface area contributed by atoms with E-state index in [1.165, 1.54) is 0 Å². The Balaban J connectivity index is 1.80. The smallest absolute Gasteiger partial charge is 0.261 e. The van der Waals surface area contributed by atoms with Crippen molar-refractivity contribution in [1.29, 1.82) is 0 Å². The highest BCUT2D eigenvalue weighted by Crippen LogP contribution is 2.10. The third-order valence-electron chi connectivity index (χ3n) is 3.31. The van der Waals surface area contributed by atoms with E-state index >= 15 is 0 Å². The number of aromatic nitrogens is 1. The molecule has 0 aliphatic carbocycles. The minimum atomic E-state index is -0.203. The molecule has 18 heavy (non-hydrogen) atoms. The lowest BCUT2D eigenvalue weighted by molar-refractivity contribution is -0.0298. The normalized spacial score (nSPS) is 16.5. The van der Waals surface area contributed by atoms with Crippen molar-refractivity contribution < 1.29 is 9.53 Å². The highest BCUT2D eigenvalue weighted by molar-refractivity contribution is 5.73. The molecule has 0 amide bonds. The average molecular weight is 250 g/mol. The molecule has 5 heteroatoms. The maximum atomic E-state index is 11.8. The van der Waals surface area contributed by atoms with Crippen molar-refractivity contribution in [2.45, 2.75) is 19.1 Å². The number of methoxy groups -OCH3 is 1. The van der Waals surface area contributed by atoms with Crippen LogP contribution in [-0.2, 0) is 11.3 Å². The Bertz CT molecular complexity index is 464. The summed E-state index contributed by atoms with van der Waals surface area (Å²) in [5, 5.41) is 0. The van der Waals surface area contributed by atoms with Crippen LogP contribution in [0.15, 0.2) is 23.1 Å². The van der Waals surface area contributed by atoms with Crippen molar-refractivity contribution in [2.24, 2.45) is 0 Å². The highest BCUT2D eigenvalue weighted by atomic mass is 16.5.